The van der Waals surface area contributed by atoms with E-state index in [9.17, 15) is 14.0 Å². The zero-order chi connectivity index (χ0) is 15.2. The third-order valence-electron chi connectivity index (χ3n) is 3.27. The number of rotatable bonds is 5. The first-order valence-corrected chi connectivity index (χ1v) is 6.97. The third-order valence-corrected chi connectivity index (χ3v) is 3.27. The Morgan fingerprint density at radius 1 is 1.33 bits per heavy atom. The molecule has 0 aromatic heterocycles. The number of aryl methyl sites for hydroxylation is 1. The van der Waals surface area contributed by atoms with Crippen molar-refractivity contribution in [2.45, 2.75) is 32.2 Å². The maximum atomic E-state index is 13.5. The minimum Gasteiger partial charge on any atom is -0.379 e. The summed E-state index contributed by atoms with van der Waals surface area (Å²) in [4.78, 5) is 23.4. The highest BCUT2D eigenvalue weighted by Crippen LogP contribution is 2.16. The van der Waals surface area contributed by atoms with Crippen LogP contribution in [0.4, 0.5) is 10.1 Å². The van der Waals surface area contributed by atoms with Crippen molar-refractivity contribution in [1.82, 2.24) is 5.32 Å². The smallest absolute Gasteiger partial charge is 0.224 e. The number of carbonyl (C=O) groups excluding carboxylic acids is 2. The van der Waals surface area contributed by atoms with Gasteiger partial charge >= 0.3 is 0 Å². The number of hydrogen-bond acceptors (Lipinski definition) is 3. The van der Waals surface area contributed by atoms with E-state index in [1.165, 1.54) is 6.07 Å². The third kappa shape index (κ3) is 4.82. The molecule has 1 saturated heterocycles. The fourth-order valence-corrected chi connectivity index (χ4v) is 2.12. The van der Waals surface area contributed by atoms with E-state index in [4.69, 9.17) is 4.74 Å². The van der Waals surface area contributed by atoms with Crippen LogP contribution in [-0.4, -0.2) is 31.1 Å². The second-order valence-corrected chi connectivity index (χ2v) is 5.16. The summed E-state index contributed by atoms with van der Waals surface area (Å²) in [6, 6.07) is 4.53. The second-order valence-electron chi connectivity index (χ2n) is 5.16. The molecule has 0 spiro atoms. The normalized spacial score (nSPS) is 17.5. The van der Waals surface area contributed by atoms with Gasteiger partial charge in [-0.15, -0.1) is 0 Å². The van der Waals surface area contributed by atoms with Gasteiger partial charge in [0.25, 0.3) is 0 Å². The van der Waals surface area contributed by atoms with Crippen molar-refractivity contribution in [3.63, 3.8) is 0 Å². The van der Waals surface area contributed by atoms with E-state index in [1.807, 2.05) is 6.92 Å². The minimum absolute atomic E-state index is 0.0206. The fraction of sp³-hybridized carbons (Fsp3) is 0.467. The maximum Gasteiger partial charge on any atom is 0.224 e. The molecule has 5 nitrogen and oxygen atoms in total. The van der Waals surface area contributed by atoms with Crippen molar-refractivity contribution in [3.05, 3.63) is 29.6 Å². The molecular formula is C15H19FN2O3. The molecule has 114 valence electrons. The molecule has 0 unspecified atom stereocenters. The summed E-state index contributed by atoms with van der Waals surface area (Å²) < 4.78 is 18.6. The number of carbonyl (C=O) groups is 2. The Morgan fingerprint density at radius 2 is 2.10 bits per heavy atom. The molecule has 0 saturated carbocycles. The molecule has 1 heterocycles. The summed E-state index contributed by atoms with van der Waals surface area (Å²) in [6.45, 7) is 2.98. The summed E-state index contributed by atoms with van der Waals surface area (Å²) in [5.74, 6) is -1.05. The number of anilines is 1. The summed E-state index contributed by atoms with van der Waals surface area (Å²) in [7, 11) is 0. The molecule has 1 aliphatic heterocycles. The molecule has 21 heavy (non-hydrogen) atoms. The van der Waals surface area contributed by atoms with Gasteiger partial charge in [0, 0.05) is 19.4 Å². The van der Waals surface area contributed by atoms with Crippen molar-refractivity contribution in [2.75, 3.05) is 18.5 Å². The highest BCUT2D eigenvalue weighted by atomic mass is 19.1. The Morgan fingerprint density at radius 3 is 2.81 bits per heavy atom. The van der Waals surface area contributed by atoms with Gasteiger partial charge in [-0.05, 0) is 31.0 Å². The van der Waals surface area contributed by atoms with Crippen LogP contribution in [-0.2, 0) is 14.3 Å². The number of ether oxygens (including phenoxy) is 1. The standard InChI is InChI=1S/C15H19FN2O3/c1-10-2-3-12(16)13(8-10)18-15(20)5-4-14(19)17-11-6-7-21-9-11/h2-3,8,11H,4-7,9H2,1H3,(H,17,19)(H,18,20)/t11-/m1/s1. The lowest BCUT2D eigenvalue weighted by molar-refractivity contribution is -0.124. The van der Waals surface area contributed by atoms with Crippen LogP contribution in [0.15, 0.2) is 18.2 Å². The fourth-order valence-electron chi connectivity index (χ4n) is 2.12. The van der Waals surface area contributed by atoms with Crippen molar-refractivity contribution in [1.29, 1.82) is 0 Å². The molecule has 2 N–H and O–H groups in total. The van der Waals surface area contributed by atoms with Gasteiger partial charge in [0.15, 0.2) is 0 Å². The van der Waals surface area contributed by atoms with Gasteiger partial charge in [-0.3, -0.25) is 9.59 Å². The Balaban J connectivity index is 1.76. The zero-order valence-corrected chi connectivity index (χ0v) is 11.9. The second kappa shape index (κ2) is 7.17. The van der Waals surface area contributed by atoms with Gasteiger partial charge in [-0.2, -0.15) is 0 Å². The van der Waals surface area contributed by atoms with Gasteiger partial charge in [0.05, 0.1) is 18.3 Å². The molecule has 1 fully saturated rings. The average Bonchev–Trinajstić information content (AvgIpc) is 2.93. The number of amides is 2. The quantitative estimate of drug-likeness (QED) is 0.869. The molecule has 0 aliphatic carbocycles. The molecule has 6 heteroatoms. The van der Waals surface area contributed by atoms with Crippen LogP contribution >= 0.6 is 0 Å². The van der Waals surface area contributed by atoms with E-state index >= 15 is 0 Å². The monoisotopic (exact) mass is 294 g/mol. The molecule has 0 bridgehead atoms. The van der Waals surface area contributed by atoms with Crippen molar-refractivity contribution in [3.8, 4) is 0 Å². The van der Waals surface area contributed by atoms with E-state index in [0.29, 0.717) is 13.2 Å². The summed E-state index contributed by atoms with van der Waals surface area (Å²) in [5.41, 5.74) is 0.996. The predicted octanol–water partition coefficient (Wildman–Crippen LogP) is 1.76. The largest absolute Gasteiger partial charge is 0.379 e. The van der Waals surface area contributed by atoms with Crippen LogP contribution in [0.25, 0.3) is 0 Å². The van der Waals surface area contributed by atoms with Crippen LogP contribution in [0, 0.1) is 12.7 Å². The first kappa shape index (κ1) is 15.4. The van der Waals surface area contributed by atoms with Crippen LogP contribution in [0.2, 0.25) is 0 Å². The number of benzene rings is 1. The average molecular weight is 294 g/mol. The molecule has 1 atom stereocenters. The van der Waals surface area contributed by atoms with Crippen LogP contribution in [0.5, 0.6) is 0 Å². The lowest BCUT2D eigenvalue weighted by atomic mass is 10.2. The molecule has 1 aromatic rings. The molecule has 1 aromatic carbocycles. The van der Waals surface area contributed by atoms with E-state index in [0.717, 1.165) is 12.0 Å². The topological polar surface area (TPSA) is 67.4 Å². The van der Waals surface area contributed by atoms with Crippen molar-refractivity contribution >= 4 is 17.5 Å². The Labute approximate surface area is 122 Å². The van der Waals surface area contributed by atoms with Crippen molar-refractivity contribution in [2.24, 2.45) is 0 Å². The molecule has 2 amide bonds. The molecule has 0 radical (unpaired) electrons. The first-order chi connectivity index (χ1) is 10.0. The van der Waals surface area contributed by atoms with Crippen molar-refractivity contribution < 1.29 is 18.7 Å². The highest BCUT2D eigenvalue weighted by Gasteiger charge is 2.18. The van der Waals surface area contributed by atoms with E-state index in [1.54, 1.807) is 12.1 Å². The molecule has 1 aliphatic rings. The number of halogens is 1. The summed E-state index contributed by atoms with van der Waals surface area (Å²) in [5, 5.41) is 5.28. The predicted molar refractivity (Wildman–Crippen MR) is 76.4 cm³/mol. The van der Waals surface area contributed by atoms with Gasteiger partial charge < -0.3 is 15.4 Å². The number of nitrogens with one attached hydrogen (secondary N) is 2. The molecule has 2 rings (SSSR count). The first-order valence-electron chi connectivity index (χ1n) is 6.97. The van der Waals surface area contributed by atoms with Crippen LogP contribution in [0.1, 0.15) is 24.8 Å². The number of hydrogen-bond donors (Lipinski definition) is 2. The van der Waals surface area contributed by atoms with Gasteiger partial charge in [-0.1, -0.05) is 6.07 Å². The Hall–Kier alpha value is -1.95. The van der Waals surface area contributed by atoms with Crippen LogP contribution < -0.4 is 10.6 Å². The molecular weight excluding hydrogens is 275 g/mol. The van der Waals surface area contributed by atoms with E-state index in [2.05, 4.69) is 10.6 Å². The van der Waals surface area contributed by atoms with E-state index in [-0.39, 0.29) is 36.4 Å². The van der Waals surface area contributed by atoms with Gasteiger partial charge in [0.1, 0.15) is 5.82 Å². The van der Waals surface area contributed by atoms with Gasteiger partial charge in [-0.25, -0.2) is 4.39 Å². The van der Waals surface area contributed by atoms with Crippen LogP contribution in [0.3, 0.4) is 0 Å². The zero-order valence-electron chi connectivity index (χ0n) is 11.9. The highest BCUT2D eigenvalue weighted by molar-refractivity contribution is 5.93. The van der Waals surface area contributed by atoms with Gasteiger partial charge in [0.2, 0.25) is 11.8 Å². The maximum absolute atomic E-state index is 13.5. The summed E-state index contributed by atoms with van der Waals surface area (Å²) in [6.07, 6.45) is 0.898. The summed E-state index contributed by atoms with van der Waals surface area (Å²) >= 11 is 0. The van der Waals surface area contributed by atoms with E-state index < -0.39 is 5.82 Å². The minimum atomic E-state index is -0.485. The Kier molecular flexibility index (Phi) is 5.27. The lowest BCUT2D eigenvalue weighted by Crippen LogP contribution is -2.35. The Bertz CT molecular complexity index is 528. The lowest BCUT2D eigenvalue weighted by Gasteiger charge is -2.11. The SMILES string of the molecule is Cc1ccc(F)c(NC(=O)CCC(=O)N[C@@H]2CCOC2)c1.